The molecule has 0 aliphatic carbocycles. The first kappa shape index (κ1) is 17.7. The van der Waals surface area contributed by atoms with E-state index in [0.717, 1.165) is 18.4 Å². The summed E-state index contributed by atoms with van der Waals surface area (Å²) in [5.74, 6) is -0.134. The van der Waals surface area contributed by atoms with Crippen LogP contribution in [0.5, 0.6) is 0 Å². The van der Waals surface area contributed by atoms with Gasteiger partial charge in [-0.3, -0.25) is 9.69 Å². The predicted molar refractivity (Wildman–Crippen MR) is 102 cm³/mol. The number of nitrogens with one attached hydrogen (secondary N) is 1. The average molecular weight is 364 g/mol. The molecule has 2 aliphatic rings. The molecule has 5 heteroatoms. The molecule has 140 valence electrons. The zero-order valence-corrected chi connectivity index (χ0v) is 15.3. The van der Waals surface area contributed by atoms with E-state index in [2.05, 4.69) is 17.4 Å². The first-order valence-corrected chi connectivity index (χ1v) is 9.47. The fourth-order valence-electron chi connectivity index (χ4n) is 4.11. The van der Waals surface area contributed by atoms with E-state index in [9.17, 15) is 9.59 Å². The average Bonchev–Trinajstić information content (AvgIpc) is 2.97. The molecule has 2 heterocycles. The van der Waals surface area contributed by atoms with Gasteiger partial charge in [-0.15, -0.1) is 0 Å². The third-order valence-corrected chi connectivity index (χ3v) is 5.69. The molecule has 0 radical (unpaired) electrons. The standard InChI is InChI=1S/C22H24N2O3/c25-20-19(15-17-7-3-1-4-8-17)23-21(26)24(20)16-22(11-13-27-14-12-22)18-9-5-2-6-10-18/h1-10,19H,11-16H2,(H,23,26). The molecule has 0 aromatic heterocycles. The fourth-order valence-corrected chi connectivity index (χ4v) is 4.11. The zero-order chi connectivity index (χ0) is 18.7. The molecule has 0 saturated carbocycles. The van der Waals surface area contributed by atoms with Gasteiger partial charge in [0.2, 0.25) is 0 Å². The summed E-state index contributed by atoms with van der Waals surface area (Å²) >= 11 is 0. The van der Waals surface area contributed by atoms with Crippen molar-refractivity contribution in [3.63, 3.8) is 0 Å². The first-order chi connectivity index (χ1) is 13.2. The maximum absolute atomic E-state index is 13.0. The summed E-state index contributed by atoms with van der Waals surface area (Å²) in [7, 11) is 0. The second kappa shape index (κ2) is 7.53. The van der Waals surface area contributed by atoms with E-state index in [1.165, 1.54) is 10.5 Å². The van der Waals surface area contributed by atoms with E-state index in [0.29, 0.717) is 26.2 Å². The quantitative estimate of drug-likeness (QED) is 0.830. The summed E-state index contributed by atoms with van der Waals surface area (Å²) in [6, 6.07) is 19.2. The van der Waals surface area contributed by atoms with Crippen molar-refractivity contribution >= 4 is 11.9 Å². The van der Waals surface area contributed by atoms with Gasteiger partial charge in [0.25, 0.3) is 5.91 Å². The number of urea groups is 1. The second-order valence-corrected chi connectivity index (χ2v) is 7.37. The Bertz CT molecular complexity index is 801. The summed E-state index contributed by atoms with van der Waals surface area (Å²) in [5, 5.41) is 2.87. The van der Waals surface area contributed by atoms with Crippen LogP contribution in [0.15, 0.2) is 60.7 Å². The Labute approximate surface area is 159 Å². The van der Waals surface area contributed by atoms with Crippen molar-refractivity contribution < 1.29 is 14.3 Å². The van der Waals surface area contributed by atoms with Gasteiger partial charge in [0.15, 0.2) is 0 Å². The number of amides is 3. The van der Waals surface area contributed by atoms with Crippen LogP contribution >= 0.6 is 0 Å². The summed E-state index contributed by atoms with van der Waals surface area (Å²) < 4.78 is 5.56. The lowest BCUT2D eigenvalue weighted by Crippen LogP contribution is -2.47. The second-order valence-electron chi connectivity index (χ2n) is 7.37. The lowest BCUT2D eigenvalue weighted by Gasteiger charge is -2.39. The SMILES string of the molecule is O=C1NC(Cc2ccccc2)C(=O)N1CC1(c2ccccc2)CCOCC1. The maximum atomic E-state index is 13.0. The smallest absolute Gasteiger partial charge is 0.324 e. The van der Waals surface area contributed by atoms with Crippen LogP contribution in [0, 0.1) is 0 Å². The van der Waals surface area contributed by atoms with Crippen molar-refractivity contribution in [1.29, 1.82) is 0 Å². The highest BCUT2D eigenvalue weighted by Crippen LogP contribution is 2.36. The highest BCUT2D eigenvalue weighted by Gasteiger charge is 2.44. The number of benzene rings is 2. The van der Waals surface area contributed by atoms with Crippen LogP contribution in [0.1, 0.15) is 24.0 Å². The fraction of sp³-hybridized carbons (Fsp3) is 0.364. The van der Waals surface area contributed by atoms with Gasteiger partial charge in [-0.05, 0) is 24.0 Å². The highest BCUT2D eigenvalue weighted by molar-refractivity contribution is 6.04. The number of nitrogens with zero attached hydrogens (tertiary/aromatic N) is 1. The molecule has 2 fully saturated rings. The van der Waals surface area contributed by atoms with Crippen molar-refractivity contribution in [3.8, 4) is 0 Å². The molecule has 3 amide bonds. The van der Waals surface area contributed by atoms with Crippen LogP contribution < -0.4 is 5.32 Å². The van der Waals surface area contributed by atoms with Crippen LogP contribution in [0.3, 0.4) is 0 Å². The largest absolute Gasteiger partial charge is 0.381 e. The minimum Gasteiger partial charge on any atom is -0.381 e. The molecule has 27 heavy (non-hydrogen) atoms. The van der Waals surface area contributed by atoms with Gasteiger partial charge in [0.1, 0.15) is 6.04 Å². The van der Waals surface area contributed by atoms with Crippen molar-refractivity contribution in [2.45, 2.75) is 30.7 Å². The Balaban J connectivity index is 1.55. The van der Waals surface area contributed by atoms with Gasteiger partial charge in [-0.1, -0.05) is 60.7 Å². The lowest BCUT2D eigenvalue weighted by atomic mass is 9.73. The van der Waals surface area contributed by atoms with E-state index in [1.54, 1.807) is 0 Å². The van der Waals surface area contributed by atoms with E-state index in [-0.39, 0.29) is 17.4 Å². The van der Waals surface area contributed by atoms with E-state index in [4.69, 9.17) is 4.74 Å². The third kappa shape index (κ3) is 3.60. The molecule has 0 spiro atoms. The van der Waals surface area contributed by atoms with Crippen LogP contribution in [0.25, 0.3) is 0 Å². The number of hydrogen-bond donors (Lipinski definition) is 1. The Hall–Kier alpha value is -2.66. The molecule has 2 aromatic rings. The maximum Gasteiger partial charge on any atom is 0.324 e. The summed E-state index contributed by atoms with van der Waals surface area (Å²) in [5.41, 5.74) is 1.97. The Kier molecular flexibility index (Phi) is 4.94. The minimum absolute atomic E-state index is 0.134. The van der Waals surface area contributed by atoms with Crippen molar-refractivity contribution in [3.05, 3.63) is 71.8 Å². The lowest BCUT2D eigenvalue weighted by molar-refractivity contribution is -0.128. The molecular weight excluding hydrogens is 340 g/mol. The molecule has 1 atom stereocenters. The molecule has 2 aromatic carbocycles. The Morgan fingerprint density at radius 1 is 0.963 bits per heavy atom. The number of carbonyl (C=O) groups is 2. The molecule has 5 nitrogen and oxygen atoms in total. The Morgan fingerprint density at radius 2 is 1.59 bits per heavy atom. The number of ether oxygens (including phenoxy) is 1. The molecule has 1 N–H and O–H groups in total. The number of hydrogen-bond acceptors (Lipinski definition) is 3. The van der Waals surface area contributed by atoms with Crippen molar-refractivity contribution in [1.82, 2.24) is 10.2 Å². The molecule has 0 bridgehead atoms. The van der Waals surface area contributed by atoms with E-state index in [1.807, 2.05) is 48.5 Å². The van der Waals surface area contributed by atoms with E-state index >= 15 is 0 Å². The molecule has 1 unspecified atom stereocenters. The highest BCUT2D eigenvalue weighted by atomic mass is 16.5. The topological polar surface area (TPSA) is 58.6 Å². The molecular formula is C22H24N2O3. The Morgan fingerprint density at radius 3 is 2.26 bits per heavy atom. The van der Waals surface area contributed by atoms with Gasteiger partial charge < -0.3 is 10.1 Å². The van der Waals surface area contributed by atoms with Crippen LogP contribution in [-0.2, 0) is 21.4 Å². The van der Waals surface area contributed by atoms with Gasteiger partial charge in [-0.2, -0.15) is 0 Å². The van der Waals surface area contributed by atoms with Crippen molar-refractivity contribution in [2.75, 3.05) is 19.8 Å². The zero-order valence-electron chi connectivity index (χ0n) is 15.3. The van der Waals surface area contributed by atoms with Crippen LogP contribution in [0.4, 0.5) is 4.79 Å². The van der Waals surface area contributed by atoms with Crippen LogP contribution in [0.2, 0.25) is 0 Å². The number of imide groups is 1. The number of carbonyl (C=O) groups excluding carboxylic acids is 2. The summed E-state index contributed by atoms with van der Waals surface area (Å²) in [4.78, 5) is 27.0. The number of rotatable bonds is 5. The minimum atomic E-state index is -0.493. The normalized spacial score (nSPS) is 21.9. The molecule has 2 aliphatic heterocycles. The molecule has 4 rings (SSSR count). The van der Waals surface area contributed by atoms with Gasteiger partial charge in [-0.25, -0.2) is 4.79 Å². The predicted octanol–water partition coefficient (Wildman–Crippen LogP) is 2.90. The van der Waals surface area contributed by atoms with Gasteiger partial charge in [0, 0.05) is 31.6 Å². The third-order valence-electron chi connectivity index (χ3n) is 5.69. The summed E-state index contributed by atoms with van der Waals surface area (Å²) in [6.45, 7) is 1.69. The monoisotopic (exact) mass is 364 g/mol. The van der Waals surface area contributed by atoms with Gasteiger partial charge >= 0.3 is 6.03 Å². The summed E-state index contributed by atoms with van der Waals surface area (Å²) in [6.07, 6.45) is 2.12. The van der Waals surface area contributed by atoms with Gasteiger partial charge in [0.05, 0.1) is 0 Å². The van der Waals surface area contributed by atoms with E-state index < -0.39 is 6.04 Å². The van der Waals surface area contributed by atoms with Crippen LogP contribution in [-0.4, -0.2) is 42.6 Å². The molecule has 2 saturated heterocycles. The van der Waals surface area contributed by atoms with Crippen molar-refractivity contribution in [2.24, 2.45) is 0 Å². The first-order valence-electron chi connectivity index (χ1n) is 9.47.